The Morgan fingerprint density at radius 1 is 1.23 bits per heavy atom. The molecule has 0 aliphatic heterocycles. The highest BCUT2D eigenvalue weighted by Crippen LogP contribution is 2.43. The summed E-state index contributed by atoms with van der Waals surface area (Å²) >= 11 is 1.53. The minimum atomic E-state index is -0.897. The van der Waals surface area contributed by atoms with Gasteiger partial charge in [0.25, 0.3) is 0 Å². The average molecular weight is 371 g/mol. The number of carbonyl (C=O) groups excluding carboxylic acids is 1. The molecule has 26 heavy (non-hydrogen) atoms. The molecule has 1 aliphatic rings. The maximum atomic E-state index is 14.3. The first-order valence-corrected chi connectivity index (χ1v) is 9.47. The van der Waals surface area contributed by atoms with Crippen LogP contribution in [0.15, 0.2) is 52.5 Å². The number of nitrogens with zero attached hydrogens (tertiary/aromatic N) is 1. The number of rotatable bonds is 5. The average Bonchev–Trinajstić information content (AvgIpc) is 3.41. The van der Waals surface area contributed by atoms with Gasteiger partial charge in [0.05, 0.1) is 10.3 Å². The monoisotopic (exact) mass is 371 g/mol. The van der Waals surface area contributed by atoms with E-state index in [9.17, 15) is 9.18 Å². The Labute approximate surface area is 154 Å². The Bertz CT molecular complexity index is 897. The fourth-order valence-corrected chi connectivity index (χ4v) is 4.23. The van der Waals surface area contributed by atoms with E-state index in [1.54, 1.807) is 18.2 Å². The lowest BCUT2D eigenvalue weighted by molar-refractivity contribution is -0.152. The van der Waals surface area contributed by atoms with E-state index in [0.717, 1.165) is 17.7 Å². The number of thiophene rings is 1. The molecule has 1 aliphatic carbocycles. The number of carbonyl (C=O) groups is 1. The van der Waals surface area contributed by atoms with Crippen LogP contribution in [0.5, 0.6) is 0 Å². The molecule has 0 saturated heterocycles. The summed E-state index contributed by atoms with van der Waals surface area (Å²) in [6.45, 7) is 0.0178. The van der Waals surface area contributed by atoms with Crippen molar-refractivity contribution < 1.29 is 18.3 Å². The zero-order valence-corrected chi connectivity index (χ0v) is 14.9. The normalized spacial score (nSPS) is 15.9. The SMILES string of the molecule is O=C(OCc1coc(-c2cccs2)n1)C1(c2ccccc2F)CCCC1. The molecule has 0 radical (unpaired) electrons. The lowest BCUT2D eigenvalue weighted by atomic mass is 9.78. The first-order chi connectivity index (χ1) is 12.7. The summed E-state index contributed by atoms with van der Waals surface area (Å²) in [5.74, 6) is -0.232. The van der Waals surface area contributed by atoms with Gasteiger partial charge < -0.3 is 9.15 Å². The number of hydrogen-bond acceptors (Lipinski definition) is 5. The van der Waals surface area contributed by atoms with Crippen molar-refractivity contribution in [3.05, 3.63) is 65.1 Å². The van der Waals surface area contributed by atoms with E-state index in [4.69, 9.17) is 9.15 Å². The summed E-state index contributed by atoms with van der Waals surface area (Å²) < 4.78 is 25.3. The third-order valence-electron chi connectivity index (χ3n) is 4.87. The summed E-state index contributed by atoms with van der Waals surface area (Å²) in [7, 11) is 0. The van der Waals surface area contributed by atoms with Crippen molar-refractivity contribution in [2.45, 2.75) is 37.7 Å². The molecular weight excluding hydrogens is 353 g/mol. The predicted octanol–water partition coefficient (Wildman–Crippen LogP) is 5.10. The maximum absolute atomic E-state index is 14.3. The van der Waals surface area contributed by atoms with Gasteiger partial charge in [-0.2, -0.15) is 0 Å². The van der Waals surface area contributed by atoms with Crippen molar-refractivity contribution >= 4 is 17.3 Å². The van der Waals surface area contributed by atoms with Crippen LogP contribution in [0.4, 0.5) is 4.39 Å². The smallest absolute Gasteiger partial charge is 0.317 e. The zero-order valence-electron chi connectivity index (χ0n) is 14.1. The van der Waals surface area contributed by atoms with Crippen LogP contribution in [-0.4, -0.2) is 11.0 Å². The lowest BCUT2D eigenvalue weighted by Gasteiger charge is -2.27. The third-order valence-corrected chi connectivity index (χ3v) is 5.73. The highest BCUT2D eigenvalue weighted by atomic mass is 32.1. The van der Waals surface area contributed by atoms with E-state index in [1.807, 2.05) is 17.5 Å². The van der Waals surface area contributed by atoms with Crippen molar-refractivity contribution in [3.63, 3.8) is 0 Å². The number of aromatic nitrogens is 1. The molecule has 0 bridgehead atoms. The number of benzene rings is 1. The number of oxazole rings is 1. The Balaban J connectivity index is 1.51. The molecule has 0 spiro atoms. The van der Waals surface area contributed by atoms with Crippen molar-refractivity contribution in [3.8, 4) is 10.8 Å². The largest absolute Gasteiger partial charge is 0.458 e. The van der Waals surface area contributed by atoms with Crippen molar-refractivity contribution in [2.75, 3.05) is 0 Å². The van der Waals surface area contributed by atoms with Crippen LogP contribution in [0.3, 0.4) is 0 Å². The molecule has 6 heteroatoms. The molecule has 2 aromatic heterocycles. The van der Waals surface area contributed by atoms with Gasteiger partial charge in [-0.15, -0.1) is 11.3 Å². The molecule has 1 fully saturated rings. The van der Waals surface area contributed by atoms with Crippen LogP contribution in [0.2, 0.25) is 0 Å². The predicted molar refractivity (Wildman–Crippen MR) is 96.2 cm³/mol. The highest BCUT2D eigenvalue weighted by Gasteiger charge is 2.45. The van der Waals surface area contributed by atoms with E-state index >= 15 is 0 Å². The van der Waals surface area contributed by atoms with E-state index in [2.05, 4.69) is 4.98 Å². The molecule has 0 unspecified atom stereocenters. The fraction of sp³-hybridized carbons (Fsp3) is 0.300. The van der Waals surface area contributed by atoms with Gasteiger partial charge in [-0.1, -0.05) is 37.1 Å². The van der Waals surface area contributed by atoms with Crippen LogP contribution in [-0.2, 0) is 21.6 Å². The fourth-order valence-electron chi connectivity index (χ4n) is 3.58. The minimum Gasteiger partial charge on any atom is -0.458 e. The summed E-state index contributed by atoms with van der Waals surface area (Å²) in [5.41, 5.74) is 0.0800. The van der Waals surface area contributed by atoms with Gasteiger partial charge in [0.2, 0.25) is 5.89 Å². The van der Waals surface area contributed by atoms with Crippen molar-refractivity contribution in [1.82, 2.24) is 4.98 Å². The number of halogens is 1. The van der Waals surface area contributed by atoms with Gasteiger partial charge in [0, 0.05) is 5.56 Å². The number of esters is 1. The van der Waals surface area contributed by atoms with Crippen LogP contribution >= 0.6 is 11.3 Å². The number of hydrogen-bond donors (Lipinski definition) is 0. The van der Waals surface area contributed by atoms with Gasteiger partial charge in [-0.05, 0) is 30.4 Å². The second-order valence-electron chi connectivity index (χ2n) is 6.47. The molecule has 2 heterocycles. The molecule has 3 aromatic rings. The van der Waals surface area contributed by atoms with Crippen LogP contribution in [0, 0.1) is 5.82 Å². The second kappa shape index (κ2) is 7.03. The van der Waals surface area contributed by atoms with Crippen LogP contribution in [0.25, 0.3) is 10.8 Å². The van der Waals surface area contributed by atoms with E-state index < -0.39 is 5.41 Å². The quantitative estimate of drug-likeness (QED) is 0.586. The van der Waals surface area contributed by atoms with Crippen LogP contribution < -0.4 is 0 Å². The van der Waals surface area contributed by atoms with E-state index in [0.29, 0.717) is 30.0 Å². The Kier molecular flexibility index (Phi) is 4.59. The van der Waals surface area contributed by atoms with Crippen molar-refractivity contribution in [1.29, 1.82) is 0 Å². The molecule has 1 aromatic carbocycles. The molecule has 134 valence electrons. The van der Waals surface area contributed by atoms with Gasteiger partial charge in [-0.3, -0.25) is 4.79 Å². The molecular formula is C20H18FNO3S. The van der Waals surface area contributed by atoms with E-state index in [-0.39, 0.29) is 18.4 Å². The van der Waals surface area contributed by atoms with E-state index in [1.165, 1.54) is 23.7 Å². The summed E-state index contributed by atoms with van der Waals surface area (Å²) in [6, 6.07) is 10.3. The summed E-state index contributed by atoms with van der Waals surface area (Å²) in [6.07, 6.45) is 4.47. The topological polar surface area (TPSA) is 52.3 Å². The second-order valence-corrected chi connectivity index (χ2v) is 7.41. The zero-order chi connectivity index (χ0) is 18.0. The lowest BCUT2D eigenvalue weighted by Crippen LogP contribution is -2.35. The molecule has 0 atom stereocenters. The third kappa shape index (κ3) is 3.05. The highest BCUT2D eigenvalue weighted by molar-refractivity contribution is 7.13. The van der Waals surface area contributed by atoms with Gasteiger partial charge >= 0.3 is 5.97 Å². The Morgan fingerprint density at radius 2 is 2.04 bits per heavy atom. The molecule has 4 nitrogen and oxygen atoms in total. The Morgan fingerprint density at radius 3 is 2.77 bits per heavy atom. The molecule has 1 saturated carbocycles. The van der Waals surface area contributed by atoms with Crippen LogP contribution in [0.1, 0.15) is 36.9 Å². The van der Waals surface area contributed by atoms with Crippen molar-refractivity contribution in [2.24, 2.45) is 0 Å². The first-order valence-electron chi connectivity index (χ1n) is 8.59. The molecule has 0 N–H and O–H groups in total. The van der Waals surface area contributed by atoms with Gasteiger partial charge in [-0.25, -0.2) is 9.37 Å². The standard InChI is InChI=1S/C20H18FNO3S/c21-16-7-2-1-6-15(16)20(9-3-4-10-20)19(23)25-13-14-12-24-18(22-14)17-8-5-11-26-17/h1-2,5-8,11-12H,3-4,9-10,13H2. The summed E-state index contributed by atoms with van der Waals surface area (Å²) in [5, 5.41) is 1.94. The number of ether oxygens (including phenoxy) is 1. The van der Waals surface area contributed by atoms with Gasteiger partial charge in [0.1, 0.15) is 24.4 Å². The molecule has 0 amide bonds. The van der Waals surface area contributed by atoms with Gasteiger partial charge in [0.15, 0.2) is 0 Å². The summed E-state index contributed by atoms with van der Waals surface area (Å²) in [4.78, 5) is 18.2. The first kappa shape index (κ1) is 17.0. The molecule has 4 rings (SSSR count). The maximum Gasteiger partial charge on any atom is 0.317 e. The Hall–Kier alpha value is -2.47. The minimum absolute atomic E-state index is 0.0178.